The third-order valence-corrected chi connectivity index (χ3v) is 4.44. The third kappa shape index (κ3) is 3.23. The fourth-order valence-electron chi connectivity index (χ4n) is 3.15. The minimum atomic E-state index is -4.91. The molecule has 0 fully saturated rings. The van der Waals surface area contributed by atoms with E-state index < -0.39 is 29.4 Å². The van der Waals surface area contributed by atoms with E-state index in [4.69, 9.17) is 21.1 Å². The zero-order valence-corrected chi connectivity index (χ0v) is 14.4. The minimum absolute atomic E-state index is 0.0377. The second-order valence-electron chi connectivity index (χ2n) is 5.81. The van der Waals surface area contributed by atoms with Gasteiger partial charge in [0.2, 0.25) is 5.76 Å². The Labute approximate surface area is 152 Å². The van der Waals surface area contributed by atoms with Crippen LogP contribution in [0.15, 0.2) is 46.9 Å². The Morgan fingerprint density at radius 3 is 2.50 bits per heavy atom. The van der Waals surface area contributed by atoms with Gasteiger partial charge in [0.15, 0.2) is 5.78 Å². The van der Waals surface area contributed by atoms with Crippen molar-refractivity contribution in [3.63, 3.8) is 0 Å². The molecule has 0 saturated heterocycles. The van der Waals surface area contributed by atoms with Crippen LogP contribution >= 0.6 is 11.6 Å². The van der Waals surface area contributed by atoms with Gasteiger partial charge in [-0.1, -0.05) is 23.7 Å². The monoisotopic (exact) mass is 386 g/mol. The lowest BCUT2D eigenvalue weighted by atomic mass is 9.81. The number of carbonyl (C=O) groups excluding carboxylic acids is 2. The van der Waals surface area contributed by atoms with E-state index in [-0.39, 0.29) is 36.6 Å². The number of rotatable bonds is 3. The highest BCUT2D eigenvalue weighted by Crippen LogP contribution is 2.49. The Balaban J connectivity index is 2.24. The van der Waals surface area contributed by atoms with Gasteiger partial charge in [0.25, 0.3) is 0 Å². The van der Waals surface area contributed by atoms with E-state index in [1.54, 1.807) is 0 Å². The predicted octanol–water partition coefficient (Wildman–Crippen LogP) is 4.45. The Morgan fingerprint density at radius 1 is 1.27 bits per heavy atom. The highest BCUT2D eigenvalue weighted by atomic mass is 35.5. The lowest BCUT2D eigenvalue weighted by Gasteiger charge is -2.29. The second-order valence-corrected chi connectivity index (χ2v) is 6.24. The molecule has 8 heteroatoms. The van der Waals surface area contributed by atoms with Crippen molar-refractivity contribution in [1.29, 1.82) is 0 Å². The van der Waals surface area contributed by atoms with Gasteiger partial charge in [0.1, 0.15) is 5.76 Å². The number of halogens is 4. The average molecular weight is 387 g/mol. The van der Waals surface area contributed by atoms with Crippen molar-refractivity contribution < 1.29 is 32.2 Å². The van der Waals surface area contributed by atoms with Crippen LogP contribution in [0.25, 0.3) is 0 Å². The molecular formula is C18H14ClF3O4. The van der Waals surface area contributed by atoms with Crippen LogP contribution in [-0.2, 0) is 19.1 Å². The molecule has 2 aliphatic rings. The summed E-state index contributed by atoms with van der Waals surface area (Å²) in [5, 5.41) is 0.380. The molecule has 3 rings (SSSR count). The highest BCUT2D eigenvalue weighted by molar-refractivity contribution is 6.30. The number of carbonyl (C=O) groups is 2. The van der Waals surface area contributed by atoms with Crippen LogP contribution in [0.2, 0.25) is 5.02 Å². The molecular weight excluding hydrogens is 373 g/mol. The lowest BCUT2D eigenvalue weighted by molar-refractivity contribution is -0.145. The second kappa shape index (κ2) is 6.79. The van der Waals surface area contributed by atoms with Crippen LogP contribution in [0.5, 0.6) is 0 Å². The number of alkyl halides is 3. The van der Waals surface area contributed by atoms with Crippen LogP contribution in [0.1, 0.15) is 31.2 Å². The van der Waals surface area contributed by atoms with E-state index in [2.05, 4.69) is 0 Å². The number of benzene rings is 1. The Bertz CT molecular complexity index is 822. The lowest BCUT2D eigenvalue weighted by Crippen LogP contribution is -2.30. The van der Waals surface area contributed by atoms with Crippen molar-refractivity contribution in [2.75, 3.05) is 6.61 Å². The quantitative estimate of drug-likeness (QED) is 0.720. The largest absolute Gasteiger partial charge is 0.463 e. The number of allylic oxidation sites excluding steroid dienone is 3. The summed E-state index contributed by atoms with van der Waals surface area (Å²) < 4.78 is 50.6. The summed E-state index contributed by atoms with van der Waals surface area (Å²) in [5.74, 6) is -4.18. The predicted molar refractivity (Wildman–Crippen MR) is 86.3 cm³/mol. The number of esters is 1. The zero-order chi connectivity index (χ0) is 19.1. The number of Topliss-reactive ketones (excluding diaryl/α,β-unsaturated/α-hetero) is 1. The van der Waals surface area contributed by atoms with Crippen molar-refractivity contribution in [3.8, 4) is 0 Å². The van der Waals surface area contributed by atoms with Gasteiger partial charge in [0.05, 0.1) is 18.1 Å². The number of ether oxygens (including phenoxy) is 2. The smallest absolute Gasteiger partial charge is 0.450 e. The van der Waals surface area contributed by atoms with Gasteiger partial charge in [-0.25, -0.2) is 4.79 Å². The molecule has 26 heavy (non-hydrogen) atoms. The summed E-state index contributed by atoms with van der Waals surface area (Å²) in [6, 6.07) is 5.95. The molecule has 1 aromatic carbocycles. The van der Waals surface area contributed by atoms with E-state index in [0.717, 1.165) is 0 Å². The van der Waals surface area contributed by atoms with Crippen LogP contribution in [-0.4, -0.2) is 24.5 Å². The number of hydrogen-bond acceptors (Lipinski definition) is 4. The topological polar surface area (TPSA) is 52.6 Å². The maximum absolute atomic E-state index is 13.6. The van der Waals surface area contributed by atoms with Gasteiger partial charge in [-0.3, -0.25) is 4.79 Å². The van der Waals surface area contributed by atoms with Gasteiger partial charge < -0.3 is 9.47 Å². The van der Waals surface area contributed by atoms with E-state index in [1.807, 2.05) is 0 Å². The summed E-state index contributed by atoms with van der Waals surface area (Å²) in [7, 11) is 0. The normalized spacial score (nSPS) is 20.2. The first-order valence-electron chi connectivity index (χ1n) is 7.92. The highest BCUT2D eigenvalue weighted by Gasteiger charge is 2.50. The fourth-order valence-corrected chi connectivity index (χ4v) is 3.28. The summed E-state index contributed by atoms with van der Waals surface area (Å²) in [5.41, 5.74) is -0.302. The van der Waals surface area contributed by atoms with E-state index in [0.29, 0.717) is 10.6 Å². The molecule has 0 amide bonds. The Hall–Kier alpha value is -2.28. The summed E-state index contributed by atoms with van der Waals surface area (Å²) in [6.45, 7) is 1.37. The molecule has 0 N–H and O–H groups in total. The summed E-state index contributed by atoms with van der Waals surface area (Å²) >= 11 is 5.85. The van der Waals surface area contributed by atoms with Crippen LogP contribution in [0.4, 0.5) is 13.2 Å². The zero-order valence-electron chi connectivity index (χ0n) is 13.7. The Morgan fingerprint density at radius 2 is 1.92 bits per heavy atom. The maximum Gasteiger partial charge on any atom is 0.450 e. The van der Waals surface area contributed by atoms with Gasteiger partial charge in [0, 0.05) is 23.4 Å². The summed E-state index contributed by atoms with van der Waals surface area (Å²) in [6.07, 6.45) is -4.80. The first kappa shape index (κ1) is 18.5. The molecule has 4 nitrogen and oxygen atoms in total. The third-order valence-electron chi connectivity index (χ3n) is 4.18. The van der Waals surface area contributed by atoms with Crippen molar-refractivity contribution in [3.05, 3.63) is 57.5 Å². The maximum atomic E-state index is 13.6. The molecule has 1 heterocycles. The molecule has 0 radical (unpaired) electrons. The van der Waals surface area contributed by atoms with Gasteiger partial charge in [-0.2, -0.15) is 13.2 Å². The van der Waals surface area contributed by atoms with E-state index in [9.17, 15) is 22.8 Å². The van der Waals surface area contributed by atoms with Gasteiger partial charge in [-0.05, 0) is 24.6 Å². The minimum Gasteiger partial charge on any atom is -0.463 e. The van der Waals surface area contributed by atoms with Crippen LogP contribution in [0, 0.1) is 0 Å². The van der Waals surface area contributed by atoms with E-state index in [1.165, 1.54) is 31.2 Å². The molecule has 0 spiro atoms. The van der Waals surface area contributed by atoms with Crippen LogP contribution in [0.3, 0.4) is 0 Å². The molecule has 138 valence electrons. The summed E-state index contributed by atoms with van der Waals surface area (Å²) in [4.78, 5) is 24.7. The molecule has 0 bridgehead atoms. The number of ketones is 1. The van der Waals surface area contributed by atoms with Crippen molar-refractivity contribution >= 4 is 23.4 Å². The van der Waals surface area contributed by atoms with Crippen molar-refractivity contribution in [1.82, 2.24) is 0 Å². The SMILES string of the molecule is CCOC(=O)C1=C(C(F)(F)F)OC2=C(C(=O)CC2)C1c1ccc(Cl)cc1. The molecule has 1 unspecified atom stereocenters. The van der Waals surface area contributed by atoms with Crippen molar-refractivity contribution in [2.24, 2.45) is 0 Å². The molecule has 0 aromatic heterocycles. The van der Waals surface area contributed by atoms with E-state index >= 15 is 0 Å². The first-order chi connectivity index (χ1) is 12.2. The van der Waals surface area contributed by atoms with Crippen LogP contribution < -0.4 is 0 Å². The fraction of sp³-hybridized carbons (Fsp3) is 0.333. The first-order valence-corrected chi connectivity index (χ1v) is 8.29. The Kier molecular flexibility index (Phi) is 4.84. The number of hydrogen-bond donors (Lipinski definition) is 0. The standard InChI is InChI=1S/C18H14ClF3O4/c1-2-25-17(24)15-13(9-3-5-10(19)6-4-9)14-11(23)7-8-12(14)26-16(15)18(20,21)22/h3-6,13H,2,7-8H2,1H3. The van der Waals surface area contributed by atoms with Crippen molar-refractivity contribution in [2.45, 2.75) is 31.9 Å². The molecule has 1 aliphatic carbocycles. The van der Waals surface area contributed by atoms with Gasteiger partial charge >= 0.3 is 12.1 Å². The molecule has 0 saturated carbocycles. The molecule has 1 atom stereocenters. The molecule has 1 aromatic rings. The average Bonchev–Trinajstić information content (AvgIpc) is 2.94. The van der Waals surface area contributed by atoms with Gasteiger partial charge in [-0.15, -0.1) is 0 Å². The molecule has 1 aliphatic heterocycles.